The Labute approximate surface area is 130 Å². The number of nitrogens with one attached hydrogen (secondary N) is 2. The molecule has 3 rings (SSSR count). The van der Waals surface area contributed by atoms with E-state index in [9.17, 15) is 21.6 Å². The fourth-order valence-electron chi connectivity index (χ4n) is 2.18. The predicted octanol–water partition coefficient (Wildman–Crippen LogP) is 3.99. The summed E-state index contributed by atoms with van der Waals surface area (Å²) in [5, 5.41) is 0.669. The lowest BCUT2D eigenvalue weighted by Crippen LogP contribution is -2.13. The first-order valence-corrected chi connectivity index (χ1v) is 8.02. The van der Waals surface area contributed by atoms with Crippen molar-refractivity contribution in [2.45, 2.75) is 11.1 Å². The van der Waals surface area contributed by atoms with E-state index in [4.69, 9.17) is 0 Å². The fourth-order valence-corrected chi connectivity index (χ4v) is 3.25. The molecule has 1 heterocycles. The zero-order valence-electron chi connectivity index (χ0n) is 11.6. The van der Waals surface area contributed by atoms with Crippen LogP contribution in [-0.4, -0.2) is 13.4 Å². The summed E-state index contributed by atoms with van der Waals surface area (Å²) < 4.78 is 64.6. The monoisotopic (exact) mass is 340 g/mol. The van der Waals surface area contributed by atoms with Gasteiger partial charge < -0.3 is 4.98 Å². The van der Waals surface area contributed by atoms with E-state index in [1.165, 1.54) is 6.20 Å². The van der Waals surface area contributed by atoms with Gasteiger partial charge in [-0.05, 0) is 30.3 Å². The molecule has 120 valence electrons. The lowest BCUT2D eigenvalue weighted by molar-refractivity contribution is -0.137. The Kier molecular flexibility index (Phi) is 3.56. The molecule has 0 fully saturated rings. The van der Waals surface area contributed by atoms with E-state index in [1.807, 2.05) is 0 Å². The third-order valence-electron chi connectivity index (χ3n) is 3.33. The third-order valence-corrected chi connectivity index (χ3v) is 4.71. The van der Waals surface area contributed by atoms with Gasteiger partial charge >= 0.3 is 6.18 Å². The standard InChI is InChI=1S/C15H11F3N2O2S/c16-15(17,18)10-5-7-11(8-6-10)23(21,22)20-14-9-19-13-4-2-1-3-12(13)14/h1-9,19-20H. The number of sulfonamides is 1. The molecule has 0 aliphatic rings. The molecule has 0 aliphatic carbocycles. The van der Waals surface area contributed by atoms with E-state index >= 15 is 0 Å². The number of anilines is 1. The van der Waals surface area contributed by atoms with Crippen molar-refractivity contribution in [3.63, 3.8) is 0 Å². The topological polar surface area (TPSA) is 62.0 Å². The Morgan fingerprint density at radius 1 is 0.957 bits per heavy atom. The van der Waals surface area contributed by atoms with Crippen LogP contribution in [0.4, 0.5) is 18.9 Å². The van der Waals surface area contributed by atoms with E-state index in [2.05, 4.69) is 9.71 Å². The summed E-state index contributed by atoms with van der Waals surface area (Å²) in [6, 6.07) is 10.4. The lowest BCUT2D eigenvalue weighted by atomic mass is 10.2. The van der Waals surface area contributed by atoms with Gasteiger partial charge in [-0.25, -0.2) is 8.42 Å². The highest BCUT2D eigenvalue weighted by Crippen LogP contribution is 2.30. The number of aromatic amines is 1. The van der Waals surface area contributed by atoms with Gasteiger partial charge in [-0.1, -0.05) is 18.2 Å². The Hall–Kier alpha value is -2.48. The molecule has 4 nitrogen and oxygen atoms in total. The molecule has 0 unspecified atom stereocenters. The van der Waals surface area contributed by atoms with Crippen molar-refractivity contribution in [1.29, 1.82) is 0 Å². The zero-order chi connectivity index (χ0) is 16.7. The van der Waals surface area contributed by atoms with Crippen molar-refractivity contribution >= 4 is 26.6 Å². The molecule has 23 heavy (non-hydrogen) atoms. The third kappa shape index (κ3) is 3.02. The van der Waals surface area contributed by atoms with E-state index in [-0.39, 0.29) is 4.90 Å². The van der Waals surface area contributed by atoms with Crippen molar-refractivity contribution in [3.05, 3.63) is 60.3 Å². The van der Waals surface area contributed by atoms with E-state index in [1.54, 1.807) is 24.3 Å². The van der Waals surface area contributed by atoms with Gasteiger partial charge in [0.25, 0.3) is 10.0 Å². The van der Waals surface area contributed by atoms with Crippen molar-refractivity contribution in [1.82, 2.24) is 4.98 Å². The number of hydrogen-bond acceptors (Lipinski definition) is 2. The van der Waals surface area contributed by atoms with Crippen LogP contribution < -0.4 is 4.72 Å². The van der Waals surface area contributed by atoms with Crippen molar-refractivity contribution < 1.29 is 21.6 Å². The summed E-state index contributed by atoms with van der Waals surface area (Å²) in [7, 11) is -3.97. The summed E-state index contributed by atoms with van der Waals surface area (Å²) in [5.41, 5.74) is 0.182. The van der Waals surface area contributed by atoms with Crippen molar-refractivity contribution in [2.75, 3.05) is 4.72 Å². The lowest BCUT2D eigenvalue weighted by Gasteiger charge is -2.09. The minimum atomic E-state index is -4.51. The molecule has 0 bridgehead atoms. The molecule has 1 aromatic heterocycles. The second kappa shape index (κ2) is 5.31. The summed E-state index contributed by atoms with van der Waals surface area (Å²) >= 11 is 0. The van der Waals surface area contributed by atoms with Crippen LogP contribution in [0.15, 0.2) is 59.6 Å². The van der Waals surface area contributed by atoms with Gasteiger partial charge in [-0.15, -0.1) is 0 Å². The number of fused-ring (bicyclic) bond motifs is 1. The van der Waals surface area contributed by atoms with E-state index in [0.29, 0.717) is 11.1 Å². The van der Waals surface area contributed by atoms with Crippen LogP contribution in [0.3, 0.4) is 0 Å². The van der Waals surface area contributed by atoms with Gasteiger partial charge in [-0.2, -0.15) is 13.2 Å². The average Bonchev–Trinajstić information content (AvgIpc) is 2.89. The largest absolute Gasteiger partial charge is 0.416 e. The van der Waals surface area contributed by atoms with E-state index in [0.717, 1.165) is 29.8 Å². The first-order valence-electron chi connectivity index (χ1n) is 6.53. The smallest absolute Gasteiger partial charge is 0.359 e. The molecule has 0 amide bonds. The first-order chi connectivity index (χ1) is 10.8. The van der Waals surface area contributed by atoms with Crippen LogP contribution in [-0.2, 0) is 16.2 Å². The first kappa shape index (κ1) is 15.4. The number of H-pyrrole nitrogens is 1. The molecular weight excluding hydrogens is 329 g/mol. The fraction of sp³-hybridized carbons (Fsp3) is 0.0667. The number of para-hydroxylation sites is 1. The molecule has 2 aromatic carbocycles. The van der Waals surface area contributed by atoms with Gasteiger partial charge in [0.1, 0.15) is 0 Å². The Balaban J connectivity index is 1.93. The molecular formula is C15H11F3N2O2S. The van der Waals surface area contributed by atoms with Crippen LogP contribution in [0.2, 0.25) is 0 Å². The van der Waals surface area contributed by atoms with Gasteiger partial charge in [0.15, 0.2) is 0 Å². The van der Waals surface area contributed by atoms with Gasteiger partial charge in [0.2, 0.25) is 0 Å². The van der Waals surface area contributed by atoms with Gasteiger partial charge in [-0.3, -0.25) is 4.72 Å². The maximum atomic E-state index is 12.5. The van der Waals surface area contributed by atoms with Gasteiger partial charge in [0, 0.05) is 17.1 Å². The Morgan fingerprint density at radius 3 is 2.26 bits per heavy atom. The molecule has 0 aliphatic heterocycles. The summed E-state index contributed by atoms with van der Waals surface area (Å²) in [4.78, 5) is 2.68. The minimum Gasteiger partial charge on any atom is -0.359 e. The highest BCUT2D eigenvalue weighted by atomic mass is 32.2. The summed E-state index contributed by atoms with van der Waals surface area (Å²) in [5.74, 6) is 0. The van der Waals surface area contributed by atoms with Crippen molar-refractivity contribution in [3.8, 4) is 0 Å². The quantitative estimate of drug-likeness (QED) is 0.757. The average molecular weight is 340 g/mol. The summed E-state index contributed by atoms with van der Waals surface area (Å²) in [6.07, 6.45) is -3.02. The number of aromatic nitrogens is 1. The number of halogens is 3. The van der Waals surface area contributed by atoms with Gasteiger partial charge in [0.05, 0.1) is 16.1 Å². The van der Waals surface area contributed by atoms with Crippen molar-refractivity contribution in [2.24, 2.45) is 0 Å². The highest BCUT2D eigenvalue weighted by molar-refractivity contribution is 7.92. The van der Waals surface area contributed by atoms with Crippen LogP contribution in [0, 0.1) is 0 Å². The maximum Gasteiger partial charge on any atom is 0.416 e. The van der Waals surface area contributed by atoms with Crippen LogP contribution >= 0.6 is 0 Å². The molecule has 0 saturated heterocycles. The molecule has 0 atom stereocenters. The highest BCUT2D eigenvalue weighted by Gasteiger charge is 2.30. The second-order valence-electron chi connectivity index (χ2n) is 4.88. The SMILES string of the molecule is O=S(=O)(Nc1c[nH]c2ccccc12)c1ccc(C(F)(F)F)cc1. The number of benzene rings is 2. The van der Waals surface area contributed by atoms with Crippen LogP contribution in [0.1, 0.15) is 5.56 Å². The predicted molar refractivity (Wildman–Crippen MR) is 80.6 cm³/mol. The zero-order valence-corrected chi connectivity index (χ0v) is 12.4. The van der Waals surface area contributed by atoms with Crippen LogP contribution in [0.5, 0.6) is 0 Å². The van der Waals surface area contributed by atoms with Crippen LogP contribution in [0.25, 0.3) is 10.9 Å². The normalized spacial score (nSPS) is 12.5. The van der Waals surface area contributed by atoms with E-state index < -0.39 is 21.8 Å². The minimum absolute atomic E-state index is 0.240. The number of alkyl halides is 3. The molecule has 3 aromatic rings. The molecule has 0 saturated carbocycles. The number of hydrogen-bond donors (Lipinski definition) is 2. The molecule has 0 spiro atoms. The second-order valence-corrected chi connectivity index (χ2v) is 6.56. The Morgan fingerprint density at radius 2 is 1.61 bits per heavy atom. The molecule has 2 N–H and O–H groups in total. The molecule has 0 radical (unpaired) electrons. The molecule has 8 heteroatoms. The summed E-state index contributed by atoms with van der Waals surface area (Å²) in [6.45, 7) is 0. The maximum absolute atomic E-state index is 12.5. The number of rotatable bonds is 3. The Bertz CT molecular complexity index is 945.